The van der Waals surface area contributed by atoms with Gasteiger partial charge in [-0.05, 0) is 57.9 Å². The Balaban J connectivity index is 1.88. The monoisotopic (exact) mass is 503 g/mol. The molecule has 10 heteroatoms. The van der Waals surface area contributed by atoms with E-state index < -0.39 is 47.5 Å². The molecule has 1 unspecified atom stereocenters. The molecule has 10 nitrogen and oxygen atoms in total. The van der Waals surface area contributed by atoms with E-state index in [1.807, 2.05) is 30.3 Å². The minimum atomic E-state index is -1.73. The first kappa shape index (κ1) is 27.6. The summed E-state index contributed by atoms with van der Waals surface area (Å²) in [6, 6.07) is 8.20. The highest BCUT2D eigenvalue weighted by molar-refractivity contribution is 5.91. The summed E-state index contributed by atoms with van der Waals surface area (Å²) in [5.41, 5.74) is -0.669. The van der Waals surface area contributed by atoms with Gasteiger partial charge in [0.25, 0.3) is 5.91 Å². The molecule has 0 aliphatic carbocycles. The van der Waals surface area contributed by atoms with Crippen molar-refractivity contribution < 1.29 is 33.8 Å². The normalized spacial score (nSPS) is 24.2. The number of ether oxygens (including phenoxy) is 2. The van der Waals surface area contributed by atoms with Crippen molar-refractivity contribution in [1.29, 1.82) is 0 Å². The van der Waals surface area contributed by atoms with Crippen molar-refractivity contribution in [2.75, 3.05) is 19.7 Å². The molecule has 2 heterocycles. The maximum absolute atomic E-state index is 13.9. The second-order valence-electron chi connectivity index (χ2n) is 9.38. The molecular weight excluding hydrogens is 466 g/mol. The fourth-order valence-electron chi connectivity index (χ4n) is 5.24. The Bertz CT molecular complexity index is 941. The largest absolute Gasteiger partial charge is 0.479 e. The van der Waals surface area contributed by atoms with E-state index in [0.717, 1.165) is 5.56 Å². The Labute approximate surface area is 211 Å². The van der Waals surface area contributed by atoms with Gasteiger partial charge in [-0.1, -0.05) is 30.3 Å². The lowest BCUT2D eigenvalue weighted by Gasteiger charge is -2.51. The molecule has 1 aromatic rings. The second kappa shape index (κ2) is 12.3. The number of amides is 1. The molecule has 2 N–H and O–H groups in total. The average molecular weight is 504 g/mol. The van der Waals surface area contributed by atoms with Gasteiger partial charge in [-0.3, -0.25) is 24.7 Å². The highest BCUT2D eigenvalue weighted by Gasteiger charge is 2.58. The number of carboxylic acid groups (broad SMARTS) is 1. The van der Waals surface area contributed by atoms with Crippen molar-refractivity contribution in [1.82, 2.24) is 15.3 Å². The molecule has 0 radical (unpaired) electrons. The van der Waals surface area contributed by atoms with Crippen LogP contribution in [-0.4, -0.2) is 82.4 Å². The summed E-state index contributed by atoms with van der Waals surface area (Å²) in [7, 11) is 0. The molecule has 0 bridgehead atoms. The van der Waals surface area contributed by atoms with Crippen LogP contribution in [0.4, 0.5) is 0 Å². The van der Waals surface area contributed by atoms with Crippen LogP contribution in [0.5, 0.6) is 0 Å². The number of benzene rings is 1. The topological polar surface area (TPSA) is 125 Å². The highest BCUT2D eigenvalue weighted by atomic mass is 16.5. The number of hydrogen-bond donors (Lipinski definition) is 2. The number of aryl methyl sites for hydroxylation is 1. The molecule has 36 heavy (non-hydrogen) atoms. The number of carboxylic acids is 1. The van der Waals surface area contributed by atoms with Gasteiger partial charge in [0.1, 0.15) is 12.1 Å². The molecule has 2 fully saturated rings. The number of hydrogen-bond acceptors (Lipinski definition) is 8. The van der Waals surface area contributed by atoms with Crippen molar-refractivity contribution in [2.45, 2.75) is 83.0 Å². The zero-order valence-electron chi connectivity index (χ0n) is 21.3. The van der Waals surface area contributed by atoms with E-state index in [1.54, 1.807) is 11.9 Å². The van der Waals surface area contributed by atoms with Crippen LogP contribution in [0.3, 0.4) is 0 Å². The molecule has 2 aliphatic heterocycles. The Morgan fingerprint density at radius 1 is 1.19 bits per heavy atom. The Hall–Kier alpha value is -2.98. The summed E-state index contributed by atoms with van der Waals surface area (Å²) in [4.78, 5) is 51.2. The summed E-state index contributed by atoms with van der Waals surface area (Å²) >= 11 is 0. The molecule has 1 amide bonds. The maximum atomic E-state index is 13.9. The van der Waals surface area contributed by atoms with E-state index in [0.29, 0.717) is 45.2 Å². The van der Waals surface area contributed by atoms with Crippen molar-refractivity contribution >= 4 is 23.8 Å². The highest BCUT2D eigenvalue weighted by Crippen LogP contribution is 2.36. The molecule has 198 valence electrons. The number of carbonyl (C=O) groups is 4. The van der Waals surface area contributed by atoms with Crippen molar-refractivity contribution in [3.05, 3.63) is 35.9 Å². The van der Waals surface area contributed by atoms with Gasteiger partial charge < -0.3 is 14.6 Å². The Morgan fingerprint density at radius 3 is 2.53 bits per heavy atom. The van der Waals surface area contributed by atoms with E-state index in [1.165, 1.54) is 18.9 Å². The van der Waals surface area contributed by atoms with Crippen LogP contribution in [0.2, 0.25) is 0 Å². The third kappa shape index (κ3) is 6.04. The van der Waals surface area contributed by atoms with Crippen molar-refractivity contribution in [3.63, 3.8) is 0 Å². The molecule has 0 spiro atoms. The van der Waals surface area contributed by atoms with Gasteiger partial charge in [-0.2, -0.15) is 0 Å². The SMILES string of the molecule is CCOC(=O)[C@H](CCc1ccccc1)N[C@H]1CCCN2CCC[C@@](C(=O)O)(C(C)OC(C)=O)N2C1=O. The lowest BCUT2D eigenvalue weighted by Crippen LogP contribution is -2.72. The van der Waals surface area contributed by atoms with E-state index in [9.17, 15) is 24.3 Å². The summed E-state index contributed by atoms with van der Waals surface area (Å²) in [5.74, 6) is -2.72. The van der Waals surface area contributed by atoms with E-state index in [-0.39, 0.29) is 13.0 Å². The smallest absolute Gasteiger partial charge is 0.335 e. The van der Waals surface area contributed by atoms with Crippen molar-refractivity contribution in [3.8, 4) is 0 Å². The second-order valence-corrected chi connectivity index (χ2v) is 9.38. The van der Waals surface area contributed by atoms with E-state index in [2.05, 4.69) is 5.32 Å². The van der Waals surface area contributed by atoms with Gasteiger partial charge in [-0.25, -0.2) is 9.80 Å². The lowest BCUT2D eigenvalue weighted by molar-refractivity contribution is -0.211. The molecule has 3 rings (SSSR count). The number of hydrazine groups is 1. The minimum absolute atomic E-state index is 0.154. The summed E-state index contributed by atoms with van der Waals surface area (Å²) in [6.07, 6.45) is 1.73. The zero-order valence-corrected chi connectivity index (χ0v) is 21.3. The molecule has 0 aromatic heterocycles. The summed E-state index contributed by atoms with van der Waals surface area (Å²) < 4.78 is 10.6. The lowest BCUT2D eigenvalue weighted by atomic mass is 9.84. The predicted octanol–water partition coefficient (Wildman–Crippen LogP) is 1.92. The third-order valence-corrected chi connectivity index (χ3v) is 6.97. The van der Waals surface area contributed by atoms with Gasteiger partial charge >= 0.3 is 17.9 Å². The molecule has 2 aliphatic rings. The van der Waals surface area contributed by atoms with Gasteiger partial charge in [0.2, 0.25) is 0 Å². The first-order valence-corrected chi connectivity index (χ1v) is 12.7. The number of nitrogens with zero attached hydrogens (tertiary/aromatic N) is 2. The third-order valence-electron chi connectivity index (χ3n) is 6.97. The van der Waals surface area contributed by atoms with Crippen LogP contribution in [0.25, 0.3) is 0 Å². The number of esters is 2. The Morgan fingerprint density at radius 2 is 1.89 bits per heavy atom. The zero-order chi connectivity index (χ0) is 26.3. The first-order chi connectivity index (χ1) is 17.2. The Kier molecular flexibility index (Phi) is 9.44. The number of nitrogens with one attached hydrogen (secondary N) is 1. The number of fused-ring (bicyclic) bond motifs is 1. The number of aliphatic carboxylic acids is 1. The van der Waals surface area contributed by atoms with Crippen LogP contribution in [0, 0.1) is 0 Å². The maximum Gasteiger partial charge on any atom is 0.335 e. The quantitative estimate of drug-likeness (QED) is 0.461. The molecule has 1 aromatic carbocycles. The number of rotatable bonds is 10. The van der Waals surface area contributed by atoms with Crippen LogP contribution in [0.1, 0.15) is 58.4 Å². The minimum Gasteiger partial charge on any atom is -0.479 e. The van der Waals surface area contributed by atoms with Gasteiger partial charge in [0.15, 0.2) is 5.54 Å². The number of carbonyl (C=O) groups excluding carboxylic acids is 3. The van der Waals surface area contributed by atoms with E-state index >= 15 is 0 Å². The molecular formula is C26H37N3O7. The van der Waals surface area contributed by atoms with Crippen LogP contribution >= 0.6 is 0 Å². The standard InChI is InChI=1S/C26H37N3O7/c1-4-35-24(32)22(14-13-20-10-6-5-7-11-20)27-21-12-8-16-28-17-9-15-26(25(33)34,29(28)23(21)31)18(2)36-19(3)30/h5-7,10-11,18,21-22,27H,4,8-9,12-17H2,1-3H3,(H,33,34)/t18?,21-,22-,26-/m0/s1. The summed E-state index contributed by atoms with van der Waals surface area (Å²) in [5, 5.41) is 16.6. The molecule has 4 atom stereocenters. The molecule has 2 saturated heterocycles. The van der Waals surface area contributed by atoms with Crippen LogP contribution in [-0.2, 0) is 35.1 Å². The van der Waals surface area contributed by atoms with Crippen molar-refractivity contribution in [2.24, 2.45) is 0 Å². The molecule has 0 saturated carbocycles. The van der Waals surface area contributed by atoms with Gasteiger partial charge in [-0.15, -0.1) is 0 Å². The first-order valence-electron chi connectivity index (χ1n) is 12.7. The fourth-order valence-corrected chi connectivity index (χ4v) is 5.24. The van der Waals surface area contributed by atoms with Crippen LogP contribution in [0.15, 0.2) is 30.3 Å². The predicted molar refractivity (Wildman–Crippen MR) is 131 cm³/mol. The van der Waals surface area contributed by atoms with Crippen LogP contribution < -0.4 is 5.32 Å². The fraction of sp³-hybridized carbons (Fsp3) is 0.615. The summed E-state index contributed by atoms with van der Waals surface area (Å²) in [6.45, 7) is 5.68. The average Bonchev–Trinajstić information content (AvgIpc) is 3.00. The van der Waals surface area contributed by atoms with E-state index in [4.69, 9.17) is 9.47 Å². The van der Waals surface area contributed by atoms with Gasteiger partial charge in [0.05, 0.1) is 12.6 Å². The van der Waals surface area contributed by atoms with Gasteiger partial charge in [0, 0.05) is 20.0 Å².